The molecule has 5 nitrogen and oxygen atoms in total. The maximum Gasteiger partial charge on any atom is 0.226 e. The Bertz CT molecular complexity index is 621. The third-order valence-electron chi connectivity index (χ3n) is 3.15. The smallest absolute Gasteiger partial charge is 0.226 e. The minimum Gasteiger partial charge on any atom is -0.497 e. The Morgan fingerprint density at radius 3 is 2.84 bits per heavy atom. The van der Waals surface area contributed by atoms with Crippen LogP contribution in [-0.2, 0) is 4.79 Å². The molecule has 2 heterocycles. The van der Waals surface area contributed by atoms with E-state index in [1.165, 1.54) is 11.3 Å². The standard InChI is InChI=1S/C13H13N3O2S/c1-18-8-4-2-7(3-5-8)9-6-10(17)15-12-11(9)19-13(14)16-12/h2-5,9H,6H2,1H3,(H2,14,16)(H,15,17). The van der Waals surface area contributed by atoms with Crippen molar-refractivity contribution in [3.63, 3.8) is 0 Å². The average Bonchev–Trinajstić information content (AvgIpc) is 2.78. The van der Waals surface area contributed by atoms with Gasteiger partial charge in [-0.3, -0.25) is 4.79 Å². The van der Waals surface area contributed by atoms with Crippen LogP contribution in [0.4, 0.5) is 10.9 Å². The van der Waals surface area contributed by atoms with Crippen LogP contribution in [0.1, 0.15) is 22.8 Å². The van der Waals surface area contributed by atoms with Crippen molar-refractivity contribution in [2.24, 2.45) is 0 Å². The number of nitrogen functional groups attached to an aromatic ring is 1. The van der Waals surface area contributed by atoms with Gasteiger partial charge in [-0.15, -0.1) is 0 Å². The molecular weight excluding hydrogens is 262 g/mol. The normalized spacial score (nSPS) is 17.7. The number of rotatable bonds is 2. The summed E-state index contributed by atoms with van der Waals surface area (Å²) in [6.07, 6.45) is 0.418. The lowest BCUT2D eigenvalue weighted by Crippen LogP contribution is -2.22. The van der Waals surface area contributed by atoms with Gasteiger partial charge in [0.2, 0.25) is 5.91 Å². The summed E-state index contributed by atoms with van der Waals surface area (Å²) in [5.74, 6) is 1.38. The van der Waals surface area contributed by atoms with Gasteiger partial charge in [0, 0.05) is 12.3 Å². The van der Waals surface area contributed by atoms with Crippen molar-refractivity contribution in [1.82, 2.24) is 4.98 Å². The summed E-state index contributed by atoms with van der Waals surface area (Å²) in [4.78, 5) is 16.9. The lowest BCUT2D eigenvalue weighted by Gasteiger charge is -2.21. The molecule has 19 heavy (non-hydrogen) atoms. The zero-order valence-corrected chi connectivity index (χ0v) is 11.2. The number of amides is 1. The number of nitrogens with one attached hydrogen (secondary N) is 1. The monoisotopic (exact) mass is 275 g/mol. The van der Waals surface area contributed by atoms with Gasteiger partial charge in [0.1, 0.15) is 11.6 Å². The Morgan fingerprint density at radius 2 is 2.16 bits per heavy atom. The van der Waals surface area contributed by atoms with E-state index in [1.807, 2.05) is 24.3 Å². The number of nitrogens with zero attached hydrogens (tertiary/aromatic N) is 1. The first kappa shape index (κ1) is 12.0. The lowest BCUT2D eigenvalue weighted by atomic mass is 9.91. The highest BCUT2D eigenvalue weighted by atomic mass is 32.1. The molecule has 1 atom stereocenters. The van der Waals surface area contributed by atoms with Crippen LogP contribution in [0.25, 0.3) is 0 Å². The Balaban J connectivity index is 2.01. The largest absolute Gasteiger partial charge is 0.497 e. The van der Waals surface area contributed by atoms with Gasteiger partial charge >= 0.3 is 0 Å². The molecule has 0 saturated heterocycles. The number of hydrogen-bond acceptors (Lipinski definition) is 5. The zero-order valence-electron chi connectivity index (χ0n) is 10.3. The summed E-state index contributed by atoms with van der Waals surface area (Å²) < 4.78 is 5.14. The molecule has 0 saturated carbocycles. The van der Waals surface area contributed by atoms with E-state index in [9.17, 15) is 4.79 Å². The predicted octanol–water partition coefficient (Wildman–Crippen LogP) is 2.21. The fourth-order valence-corrected chi connectivity index (χ4v) is 3.16. The molecule has 0 aliphatic carbocycles. The third kappa shape index (κ3) is 2.15. The van der Waals surface area contributed by atoms with Crippen LogP contribution in [0.3, 0.4) is 0 Å². The number of thiazole rings is 1. The number of nitrogens with two attached hydrogens (primary N) is 1. The third-order valence-corrected chi connectivity index (χ3v) is 4.15. The fraction of sp³-hybridized carbons (Fsp3) is 0.231. The minimum absolute atomic E-state index is 0.0180. The Kier molecular flexibility index (Phi) is 2.87. The molecule has 6 heteroatoms. The summed E-state index contributed by atoms with van der Waals surface area (Å²) in [6, 6.07) is 7.74. The van der Waals surface area contributed by atoms with Gasteiger partial charge in [0.25, 0.3) is 0 Å². The molecule has 1 aliphatic rings. The van der Waals surface area contributed by atoms with Crippen molar-refractivity contribution >= 4 is 28.2 Å². The van der Waals surface area contributed by atoms with E-state index in [0.29, 0.717) is 17.4 Å². The zero-order chi connectivity index (χ0) is 13.4. The lowest BCUT2D eigenvalue weighted by molar-refractivity contribution is -0.116. The van der Waals surface area contributed by atoms with E-state index >= 15 is 0 Å². The molecule has 3 N–H and O–H groups in total. The summed E-state index contributed by atoms with van der Waals surface area (Å²) in [5.41, 5.74) is 6.80. The summed E-state index contributed by atoms with van der Waals surface area (Å²) in [7, 11) is 1.63. The van der Waals surface area contributed by atoms with Crippen LogP contribution < -0.4 is 15.8 Å². The molecule has 3 rings (SSSR count). The van der Waals surface area contributed by atoms with Crippen molar-refractivity contribution in [1.29, 1.82) is 0 Å². The van der Waals surface area contributed by atoms with Crippen molar-refractivity contribution in [3.8, 4) is 5.75 Å². The Labute approximate surface area is 114 Å². The number of carbonyl (C=O) groups excluding carboxylic acids is 1. The number of carbonyl (C=O) groups is 1. The number of methoxy groups -OCH3 is 1. The van der Waals surface area contributed by atoms with Gasteiger partial charge in [0.05, 0.1) is 12.0 Å². The van der Waals surface area contributed by atoms with Crippen LogP contribution >= 0.6 is 11.3 Å². The Hall–Kier alpha value is -2.08. The van der Waals surface area contributed by atoms with Crippen LogP contribution in [0.15, 0.2) is 24.3 Å². The second-order valence-electron chi connectivity index (χ2n) is 4.34. The van der Waals surface area contributed by atoms with Crippen molar-refractivity contribution in [2.45, 2.75) is 12.3 Å². The van der Waals surface area contributed by atoms with Crippen LogP contribution in [0.5, 0.6) is 5.75 Å². The van der Waals surface area contributed by atoms with Gasteiger partial charge in [-0.1, -0.05) is 23.5 Å². The molecule has 0 bridgehead atoms. The Morgan fingerprint density at radius 1 is 1.42 bits per heavy atom. The van der Waals surface area contributed by atoms with Crippen molar-refractivity contribution in [2.75, 3.05) is 18.2 Å². The molecule has 1 amide bonds. The van der Waals surface area contributed by atoms with Gasteiger partial charge in [-0.2, -0.15) is 0 Å². The molecular formula is C13H13N3O2S. The molecule has 1 aliphatic heterocycles. The van der Waals surface area contributed by atoms with E-state index in [4.69, 9.17) is 10.5 Å². The summed E-state index contributed by atoms with van der Waals surface area (Å²) in [5, 5.41) is 3.24. The predicted molar refractivity (Wildman–Crippen MR) is 74.6 cm³/mol. The summed E-state index contributed by atoms with van der Waals surface area (Å²) >= 11 is 1.43. The molecule has 1 unspecified atom stereocenters. The van der Waals surface area contributed by atoms with E-state index in [1.54, 1.807) is 7.11 Å². The number of fused-ring (bicyclic) bond motifs is 1. The second kappa shape index (κ2) is 4.55. The van der Waals surface area contributed by atoms with E-state index in [2.05, 4.69) is 10.3 Å². The molecule has 2 aromatic rings. The van der Waals surface area contributed by atoms with Gasteiger partial charge in [-0.05, 0) is 17.7 Å². The SMILES string of the molecule is COc1ccc(C2CC(=O)Nc3nc(N)sc32)cc1. The molecule has 98 valence electrons. The van der Waals surface area contributed by atoms with Gasteiger partial charge < -0.3 is 15.8 Å². The first-order chi connectivity index (χ1) is 9.17. The van der Waals surface area contributed by atoms with E-state index in [-0.39, 0.29) is 11.8 Å². The highest BCUT2D eigenvalue weighted by molar-refractivity contribution is 7.16. The fourth-order valence-electron chi connectivity index (χ4n) is 2.24. The molecule has 1 aromatic carbocycles. The van der Waals surface area contributed by atoms with Crippen LogP contribution in [0.2, 0.25) is 0 Å². The quantitative estimate of drug-likeness (QED) is 0.881. The number of aromatic nitrogens is 1. The number of ether oxygens (including phenoxy) is 1. The first-order valence-corrected chi connectivity index (χ1v) is 6.69. The molecule has 0 fully saturated rings. The highest BCUT2D eigenvalue weighted by Crippen LogP contribution is 2.41. The van der Waals surface area contributed by atoms with E-state index < -0.39 is 0 Å². The van der Waals surface area contributed by atoms with Crippen LogP contribution in [0, 0.1) is 0 Å². The highest BCUT2D eigenvalue weighted by Gasteiger charge is 2.29. The summed E-state index contributed by atoms with van der Waals surface area (Å²) in [6.45, 7) is 0. The number of benzene rings is 1. The molecule has 0 spiro atoms. The minimum atomic E-state index is -0.0291. The second-order valence-corrected chi connectivity index (χ2v) is 5.41. The van der Waals surface area contributed by atoms with Crippen molar-refractivity contribution < 1.29 is 9.53 Å². The van der Waals surface area contributed by atoms with Crippen molar-refractivity contribution in [3.05, 3.63) is 34.7 Å². The van der Waals surface area contributed by atoms with Crippen LogP contribution in [-0.4, -0.2) is 18.0 Å². The maximum atomic E-state index is 11.7. The molecule has 1 aromatic heterocycles. The molecule has 0 radical (unpaired) electrons. The first-order valence-electron chi connectivity index (χ1n) is 5.87. The average molecular weight is 275 g/mol. The van der Waals surface area contributed by atoms with Gasteiger partial charge in [-0.25, -0.2) is 4.98 Å². The maximum absolute atomic E-state index is 11.7. The topological polar surface area (TPSA) is 77.2 Å². The number of anilines is 2. The van der Waals surface area contributed by atoms with Gasteiger partial charge in [0.15, 0.2) is 5.13 Å². The van der Waals surface area contributed by atoms with E-state index in [0.717, 1.165) is 16.2 Å². The number of hydrogen-bond donors (Lipinski definition) is 2.